The van der Waals surface area contributed by atoms with Gasteiger partial charge < -0.3 is 4.90 Å². The Morgan fingerprint density at radius 2 is 1.68 bits per heavy atom. The van der Waals surface area contributed by atoms with E-state index in [1.807, 2.05) is 59.5 Å². The number of rotatable bonds is 4. The number of thioether (sulfide) groups is 1. The molecule has 4 nitrogen and oxygen atoms in total. The molecule has 126 valence electrons. The van der Waals surface area contributed by atoms with Gasteiger partial charge in [-0.3, -0.25) is 4.79 Å². The van der Waals surface area contributed by atoms with Crippen molar-refractivity contribution in [1.29, 1.82) is 0 Å². The minimum Gasteiger partial charge on any atom is -0.341 e. The van der Waals surface area contributed by atoms with Crippen molar-refractivity contribution >= 4 is 28.6 Å². The van der Waals surface area contributed by atoms with Gasteiger partial charge in [-0.15, -0.1) is 0 Å². The molecule has 0 saturated carbocycles. The normalized spacial score (nSPS) is 15.4. The van der Waals surface area contributed by atoms with E-state index in [0.29, 0.717) is 0 Å². The molecule has 1 aliphatic rings. The van der Waals surface area contributed by atoms with E-state index in [9.17, 15) is 4.79 Å². The Balaban J connectivity index is 1.71. The molecule has 2 heterocycles. The third-order valence-corrected chi connectivity index (χ3v) is 5.74. The first-order valence-corrected chi connectivity index (χ1v) is 9.41. The highest BCUT2D eigenvalue weighted by Crippen LogP contribution is 2.38. The van der Waals surface area contributed by atoms with Crippen LogP contribution >= 0.6 is 11.8 Å². The van der Waals surface area contributed by atoms with Crippen LogP contribution in [0.3, 0.4) is 0 Å². The smallest absolute Gasteiger partial charge is 0.240 e. The molecular weight excluding hydrogens is 330 g/mol. The van der Waals surface area contributed by atoms with Gasteiger partial charge >= 0.3 is 0 Å². The van der Waals surface area contributed by atoms with Gasteiger partial charge in [-0.05, 0) is 24.5 Å². The maximum absolute atomic E-state index is 13.1. The van der Waals surface area contributed by atoms with E-state index in [2.05, 4.69) is 9.97 Å². The van der Waals surface area contributed by atoms with Crippen LogP contribution in [0.15, 0.2) is 66.0 Å². The number of hydrogen-bond donors (Lipinski definition) is 0. The molecule has 0 bridgehead atoms. The summed E-state index contributed by atoms with van der Waals surface area (Å²) in [5.41, 5.74) is 1.92. The lowest BCUT2D eigenvalue weighted by atomic mass is 10.1. The van der Waals surface area contributed by atoms with Crippen LogP contribution in [-0.2, 0) is 4.79 Å². The molecule has 1 aliphatic heterocycles. The first-order valence-electron chi connectivity index (χ1n) is 8.53. The Morgan fingerprint density at radius 1 is 0.960 bits per heavy atom. The maximum Gasteiger partial charge on any atom is 0.240 e. The van der Waals surface area contributed by atoms with Crippen molar-refractivity contribution in [1.82, 2.24) is 14.9 Å². The number of carbonyl (C=O) groups excluding carboxylic acids is 1. The van der Waals surface area contributed by atoms with Crippen molar-refractivity contribution in [2.24, 2.45) is 0 Å². The number of nitrogens with zero attached hydrogens (tertiary/aromatic N) is 3. The second kappa shape index (κ2) is 7.23. The number of benzene rings is 2. The lowest BCUT2D eigenvalue weighted by Crippen LogP contribution is -2.31. The predicted molar refractivity (Wildman–Crippen MR) is 100 cm³/mol. The quantitative estimate of drug-likeness (QED) is 0.526. The van der Waals surface area contributed by atoms with Crippen LogP contribution in [0.25, 0.3) is 10.9 Å². The molecule has 1 unspecified atom stereocenters. The monoisotopic (exact) mass is 349 g/mol. The van der Waals surface area contributed by atoms with Crippen LogP contribution in [0.1, 0.15) is 23.7 Å². The van der Waals surface area contributed by atoms with E-state index in [1.165, 1.54) is 11.8 Å². The van der Waals surface area contributed by atoms with Crippen molar-refractivity contribution in [2.45, 2.75) is 23.1 Å². The number of fused-ring (bicyclic) bond motifs is 1. The Bertz CT molecular complexity index is 873. The zero-order chi connectivity index (χ0) is 17.1. The van der Waals surface area contributed by atoms with Gasteiger partial charge in [-0.25, -0.2) is 9.97 Å². The average Bonchev–Trinajstić information content (AvgIpc) is 3.21. The Hall–Kier alpha value is -2.40. The summed E-state index contributed by atoms with van der Waals surface area (Å²) in [5, 5.41) is 1.56. The first-order chi connectivity index (χ1) is 12.3. The van der Waals surface area contributed by atoms with Crippen molar-refractivity contribution in [3.05, 3.63) is 66.5 Å². The van der Waals surface area contributed by atoms with Gasteiger partial charge in [0.05, 0.1) is 5.52 Å². The number of carbonyl (C=O) groups is 1. The Kier molecular flexibility index (Phi) is 4.65. The molecular formula is C20H19N3OS. The van der Waals surface area contributed by atoms with Crippen LogP contribution < -0.4 is 0 Å². The van der Waals surface area contributed by atoms with Gasteiger partial charge in [0, 0.05) is 18.5 Å². The summed E-state index contributed by atoms with van der Waals surface area (Å²) in [6.07, 6.45) is 3.76. The standard InChI is InChI=1S/C20H19N3OS/c24-20(23-12-6-7-13-23)18(15-8-2-1-3-9-15)25-19-16-10-4-5-11-17(16)21-14-22-19/h1-5,8-11,14,18H,6-7,12-13H2. The highest BCUT2D eigenvalue weighted by molar-refractivity contribution is 8.00. The van der Waals surface area contributed by atoms with Gasteiger partial charge in [0.1, 0.15) is 16.6 Å². The molecule has 3 aromatic rings. The largest absolute Gasteiger partial charge is 0.341 e. The number of hydrogen-bond acceptors (Lipinski definition) is 4. The molecule has 2 aromatic carbocycles. The van der Waals surface area contributed by atoms with E-state index in [1.54, 1.807) is 6.33 Å². The Labute approximate surface area is 151 Å². The zero-order valence-electron chi connectivity index (χ0n) is 13.8. The fraction of sp³-hybridized carbons (Fsp3) is 0.250. The minimum absolute atomic E-state index is 0.177. The molecule has 0 N–H and O–H groups in total. The third-order valence-electron chi connectivity index (χ3n) is 4.48. The van der Waals surface area contributed by atoms with Gasteiger partial charge in [0.2, 0.25) is 5.91 Å². The fourth-order valence-electron chi connectivity index (χ4n) is 3.18. The van der Waals surface area contributed by atoms with Crippen LogP contribution in [-0.4, -0.2) is 33.9 Å². The molecule has 5 heteroatoms. The first kappa shape index (κ1) is 16.1. The third kappa shape index (κ3) is 3.37. The summed E-state index contributed by atoms with van der Waals surface area (Å²) >= 11 is 1.52. The Morgan fingerprint density at radius 3 is 2.48 bits per heavy atom. The predicted octanol–water partition coefficient (Wildman–Crippen LogP) is 4.09. The van der Waals surface area contributed by atoms with Gasteiger partial charge in [0.15, 0.2) is 0 Å². The minimum atomic E-state index is -0.280. The van der Waals surface area contributed by atoms with E-state index in [-0.39, 0.29) is 11.2 Å². The highest BCUT2D eigenvalue weighted by Gasteiger charge is 2.29. The molecule has 0 aliphatic carbocycles. The summed E-state index contributed by atoms with van der Waals surface area (Å²) in [6, 6.07) is 17.9. The number of amides is 1. The summed E-state index contributed by atoms with van der Waals surface area (Å²) in [4.78, 5) is 23.9. The average molecular weight is 349 g/mol. The lowest BCUT2D eigenvalue weighted by Gasteiger charge is -2.23. The van der Waals surface area contributed by atoms with E-state index in [4.69, 9.17) is 0 Å². The van der Waals surface area contributed by atoms with Crippen molar-refractivity contribution in [3.8, 4) is 0 Å². The molecule has 1 aromatic heterocycles. The molecule has 1 atom stereocenters. The fourth-order valence-corrected chi connectivity index (χ4v) is 4.35. The summed E-state index contributed by atoms with van der Waals surface area (Å²) < 4.78 is 0. The van der Waals surface area contributed by atoms with E-state index >= 15 is 0 Å². The van der Waals surface area contributed by atoms with Crippen molar-refractivity contribution in [3.63, 3.8) is 0 Å². The molecule has 0 radical (unpaired) electrons. The second-order valence-electron chi connectivity index (χ2n) is 6.14. The van der Waals surface area contributed by atoms with Crippen LogP contribution in [0, 0.1) is 0 Å². The molecule has 1 amide bonds. The topological polar surface area (TPSA) is 46.1 Å². The molecule has 1 saturated heterocycles. The molecule has 1 fully saturated rings. The van der Waals surface area contributed by atoms with Gasteiger partial charge in [0.25, 0.3) is 0 Å². The summed E-state index contributed by atoms with van der Waals surface area (Å²) in [5.74, 6) is 0.177. The number of aromatic nitrogens is 2. The molecule has 4 rings (SSSR count). The second-order valence-corrected chi connectivity index (χ2v) is 7.23. The van der Waals surface area contributed by atoms with Crippen LogP contribution in [0.4, 0.5) is 0 Å². The zero-order valence-corrected chi connectivity index (χ0v) is 14.7. The SMILES string of the molecule is O=C(C(Sc1ncnc2ccccc12)c1ccccc1)N1CCCC1. The summed E-state index contributed by atoms with van der Waals surface area (Å²) in [6.45, 7) is 1.71. The maximum atomic E-state index is 13.1. The molecule has 25 heavy (non-hydrogen) atoms. The van der Waals surface area contributed by atoms with Crippen molar-refractivity contribution in [2.75, 3.05) is 13.1 Å². The van der Waals surface area contributed by atoms with E-state index < -0.39 is 0 Å². The lowest BCUT2D eigenvalue weighted by molar-refractivity contribution is -0.129. The van der Waals surface area contributed by atoms with Crippen LogP contribution in [0.2, 0.25) is 0 Å². The van der Waals surface area contributed by atoms with Crippen molar-refractivity contribution < 1.29 is 4.79 Å². The number of para-hydroxylation sites is 1. The highest BCUT2D eigenvalue weighted by atomic mass is 32.2. The van der Waals surface area contributed by atoms with E-state index in [0.717, 1.165) is 47.4 Å². The van der Waals surface area contributed by atoms with Gasteiger partial charge in [-0.2, -0.15) is 0 Å². The van der Waals surface area contributed by atoms with Crippen LogP contribution in [0.5, 0.6) is 0 Å². The summed E-state index contributed by atoms with van der Waals surface area (Å²) in [7, 11) is 0. The molecule has 0 spiro atoms. The number of likely N-dealkylation sites (tertiary alicyclic amines) is 1. The van der Waals surface area contributed by atoms with Gasteiger partial charge in [-0.1, -0.05) is 60.3 Å².